The highest BCUT2D eigenvalue weighted by molar-refractivity contribution is 7.18. The molecule has 4 aromatic heterocycles. The Bertz CT molecular complexity index is 2380. The first kappa shape index (κ1) is 36.0. The van der Waals surface area contributed by atoms with Crippen LogP contribution in [0.5, 0.6) is 11.8 Å². The normalized spacial score (nSPS) is 18.9. The van der Waals surface area contributed by atoms with Crippen molar-refractivity contribution >= 4 is 22.7 Å². The van der Waals surface area contributed by atoms with E-state index in [-0.39, 0.29) is 0 Å². The Morgan fingerprint density at radius 1 is 0.690 bits per heavy atom. The lowest BCUT2D eigenvalue weighted by molar-refractivity contribution is 0.250. The van der Waals surface area contributed by atoms with E-state index < -0.39 is 0 Å². The number of nitriles is 2. The summed E-state index contributed by atoms with van der Waals surface area (Å²) in [7, 11) is 0. The van der Waals surface area contributed by atoms with Crippen LogP contribution in [0.3, 0.4) is 0 Å². The van der Waals surface area contributed by atoms with Crippen molar-refractivity contribution in [1.29, 1.82) is 10.5 Å². The number of hydrogen-bond acceptors (Lipinski definition) is 14. The first-order chi connectivity index (χ1) is 28.6. The van der Waals surface area contributed by atoms with E-state index in [9.17, 15) is 10.5 Å². The van der Waals surface area contributed by atoms with Crippen molar-refractivity contribution < 1.29 is 13.9 Å². The van der Waals surface area contributed by atoms with Crippen LogP contribution in [0.25, 0.3) is 32.6 Å². The highest BCUT2D eigenvalue weighted by atomic mass is 32.1. The Balaban J connectivity index is 0.756. The average Bonchev–Trinajstić information content (AvgIpc) is 4.02. The van der Waals surface area contributed by atoms with Crippen molar-refractivity contribution in [2.45, 2.75) is 50.4 Å². The van der Waals surface area contributed by atoms with Crippen LogP contribution in [0, 0.1) is 34.5 Å². The molecule has 2 aliphatic heterocycles. The van der Waals surface area contributed by atoms with Crippen molar-refractivity contribution in [3.63, 3.8) is 0 Å². The summed E-state index contributed by atoms with van der Waals surface area (Å²) in [6, 6.07) is 21.2. The quantitative estimate of drug-likeness (QED) is 0.111. The summed E-state index contributed by atoms with van der Waals surface area (Å²) < 4.78 is 18.2. The summed E-state index contributed by atoms with van der Waals surface area (Å²) in [6.45, 7) is 4.55. The molecule has 10 rings (SSSR count). The van der Waals surface area contributed by atoms with Crippen LogP contribution < -0.4 is 19.3 Å². The number of nitrogens with zero attached hydrogens (tertiary/aromatic N) is 10. The monoisotopic (exact) mass is 788 g/mol. The van der Waals surface area contributed by atoms with E-state index >= 15 is 0 Å². The van der Waals surface area contributed by atoms with Gasteiger partial charge in [0, 0.05) is 78.5 Å². The van der Waals surface area contributed by atoms with E-state index in [2.05, 4.69) is 78.3 Å². The number of benzene rings is 2. The molecule has 2 atom stereocenters. The number of anilines is 2. The molecule has 6 heterocycles. The SMILES string of the molecule is N#Cc1cnc(C2CC2)nc1OC[C@H]1CCN(c2cccc(-c3nc(-c4cnc(-c5cccc(N6CC[C@H](COc7nc(C8CC8)ncc7C#N)C6)c5)s4)co3)c2)C1. The molecule has 0 unspecified atom stereocenters. The fourth-order valence-electron chi connectivity index (χ4n) is 7.72. The van der Waals surface area contributed by atoms with Crippen molar-refractivity contribution in [3.05, 3.63) is 96.2 Å². The van der Waals surface area contributed by atoms with Crippen molar-refractivity contribution in [2.75, 3.05) is 49.2 Å². The Hall–Kier alpha value is -6.38. The topological polar surface area (TPSA) is 163 Å². The molecule has 2 saturated carbocycles. The molecule has 0 N–H and O–H groups in total. The molecule has 6 aromatic rings. The van der Waals surface area contributed by atoms with Crippen LogP contribution in [0.15, 0.2) is 77.8 Å². The summed E-state index contributed by atoms with van der Waals surface area (Å²) in [5.41, 5.74) is 5.74. The Morgan fingerprint density at radius 2 is 1.26 bits per heavy atom. The zero-order chi connectivity index (χ0) is 39.0. The Morgan fingerprint density at radius 3 is 1.83 bits per heavy atom. The van der Waals surface area contributed by atoms with Gasteiger partial charge in [-0.05, 0) is 68.9 Å². The lowest BCUT2D eigenvalue weighted by atomic mass is 10.1. The molecular weight excluding hydrogens is 749 g/mol. The van der Waals surface area contributed by atoms with Gasteiger partial charge in [0.25, 0.3) is 0 Å². The van der Waals surface area contributed by atoms with Crippen LogP contribution in [0.4, 0.5) is 11.4 Å². The molecule has 4 fully saturated rings. The fourth-order valence-corrected chi connectivity index (χ4v) is 8.59. The smallest absolute Gasteiger partial charge is 0.235 e. The van der Waals surface area contributed by atoms with E-state index in [0.717, 1.165) is 114 Å². The zero-order valence-corrected chi connectivity index (χ0v) is 32.6. The third-order valence-corrected chi connectivity index (χ3v) is 12.4. The van der Waals surface area contributed by atoms with Gasteiger partial charge in [-0.2, -0.15) is 20.5 Å². The van der Waals surface area contributed by atoms with Gasteiger partial charge in [0.2, 0.25) is 17.7 Å². The van der Waals surface area contributed by atoms with Gasteiger partial charge >= 0.3 is 0 Å². The number of ether oxygens (including phenoxy) is 2. The molecule has 2 saturated heterocycles. The average molecular weight is 789 g/mol. The van der Waals surface area contributed by atoms with Gasteiger partial charge in [0.1, 0.15) is 51.9 Å². The molecule has 0 spiro atoms. The molecule has 0 radical (unpaired) electrons. The van der Waals surface area contributed by atoms with Gasteiger partial charge in [-0.25, -0.2) is 19.9 Å². The van der Waals surface area contributed by atoms with Crippen molar-refractivity contribution in [1.82, 2.24) is 29.9 Å². The predicted octanol–water partition coefficient (Wildman–Crippen LogP) is 8.02. The van der Waals surface area contributed by atoms with Gasteiger partial charge in [-0.3, -0.25) is 0 Å². The van der Waals surface area contributed by atoms with Gasteiger partial charge in [0.15, 0.2) is 0 Å². The first-order valence-corrected chi connectivity index (χ1v) is 20.8. The molecular formula is C44H40N10O3S. The van der Waals surface area contributed by atoms with Gasteiger partial charge in [-0.15, -0.1) is 11.3 Å². The Labute approximate surface area is 340 Å². The van der Waals surface area contributed by atoms with Crippen LogP contribution in [0.1, 0.15) is 73.1 Å². The van der Waals surface area contributed by atoms with Crippen LogP contribution in [-0.2, 0) is 0 Å². The molecule has 2 aliphatic carbocycles. The molecule has 0 bridgehead atoms. The summed E-state index contributed by atoms with van der Waals surface area (Å²) in [4.78, 5) is 33.2. The molecule has 0 amide bonds. The fraction of sp³-hybridized carbons (Fsp3) is 0.364. The van der Waals surface area contributed by atoms with Gasteiger partial charge in [-0.1, -0.05) is 18.2 Å². The van der Waals surface area contributed by atoms with E-state index in [0.29, 0.717) is 65.7 Å². The van der Waals surface area contributed by atoms with Gasteiger partial charge in [0.05, 0.1) is 30.5 Å². The maximum atomic E-state index is 9.55. The maximum absolute atomic E-state index is 9.55. The molecule has 290 valence electrons. The third-order valence-electron chi connectivity index (χ3n) is 11.3. The lowest BCUT2D eigenvalue weighted by Gasteiger charge is -2.19. The molecule has 14 heteroatoms. The second-order valence-corrected chi connectivity index (χ2v) is 16.7. The zero-order valence-electron chi connectivity index (χ0n) is 31.8. The minimum atomic E-state index is 0.312. The predicted molar refractivity (Wildman–Crippen MR) is 218 cm³/mol. The van der Waals surface area contributed by atoms with Crippen LogP contribution >= 0.6 is 11.3 Å². The van der Waals surface area contributed by atoms with Crippen LogP contribution in [0.2, 0.25) is 0 Å². The van der Waals surface area contributed by atoms with E-state index in [1.54, 1.807) is 30.0 Å². The van der Waals surface area contributed by atoms with E-state index in [1.165, 1.54) is 0 Å². The highest BCUT2D eigenvalue weighted by Crippen LogP contribution is 2.40. The van der Waals surface area contributed by atoms with Gasteiger partial charge < -0.3 is 23.7 Å². The highest BCUT2D eigenvalue weighted by Gasteiger charge is 2.30. The van der Waals surface area contributed by atoms with E-state index in [4.69, 9.17) is 23.9 Å². The molecule has 58 heavy (non-hydrogen) atoms. The van der Waals surface area contributed by atoms with Crippen LogP contribution in [-0.4, -0.2) is 69.3 Å². The lowest BCUT2D eigenvalue weighted by Crippen LogP contribution is -2.22. The summed E-state index contributed by atoms with van der Waals surface area (Å²) in [5, 5.41) is 20.0. The number of rotatable bonds is 13. The third kappa shape index (κ3) is 7.68. The second kappa shape index (κ2) is 15.5. The minimum Gasteiger partial charge on any atom is -0.476 e. The first-order valence-electron chi connectivity index (χ1n) is 20.0. The van der Waals surface area contributed by atoms with Crippen molar-refractivity contribution in [2.24, 2.45) is 11.8 Å². The van der Waals surface area contributed by atoms with E-state index in [1.807, 2.05) is 18.3 Å². The standard InChI is InChI=1S/C44H40N10O3S/c45-17-33-19-47-39(29-7-8-29)51-42(33)55-24-27-11-13-53(22-27)35-5-1-3-31(15-35)41-50-37(26-57-41)38-21-49-44(58-38)32-4-2-6-36(16-32)54-14-12-28(23-54)25-56-43-34(18-46)20-48-40(52-43)30-9-10-30/h1-6,15-16,19-21,26-30H,7-14,22-25H2/t27-,28-/m0/s1. The second-order valence-electron chi connectivity index (χ2n) is 15.7. The number of thiazole rings is 1. The maximum Gasteiger partial charge on any atom is 0.235 e. The number of hydrogen-bond donors (Lipinski definition) is 0. The summed E-state index contributed by atoms with van der Waals surface area (Å²) in [5.74, 6) is 4.37. The molecule has 4 aliphatic rings. The minimum absolute atomic E-state index is 0.312. The summed E-state index contributed by atoms with van der Waals surface area (Å²) in [6.07, 6.45) is 13.1. The largest absolute Gasteiger partial charge is 0.476 e. The number of aromatic nitrogens is 6. The summed E-state index contributed by atoms with van der Waals surface area (Å²) >= 11 is 1.59. The Kier molecular flexibility index (Phi) is 9.63. The van der Waals surface area contributed by atoms with Crippen molar-refractivity contribution in [3.8, 4) is 56.5 Å². The number of oxazole rings is 1. The molecule has 13 nitrogen and oxygen atoms in total. The molecule has 2 aromatic carbocycles.